The first-order valence-electron chi connectivity index (χ1n) is 8.06. The summed E-state index contributed by atoms with van der Waals surface area (Å²) >= 11 is 0. The molecule has 3 heteroatoms. The third-order valence-corrected chi connectivity index (χ3v) is 4.67. The largest absolute Gasteiger partial charge is 0.494 e. The first kappa shape index (κ1) is 13.9. The molecule has 2 aliphatic rings. The number of rotatable bonds is 5. The van der Waals surface area contributed by atoms with Gasteiger partial charge < -0.3 is 10.1 Å². The molecule has 0 bridgehead atoms. The van der Waals surface area contributed by atoms with Gasteiger partial charge in [-0.25, -0.2) is 0 Å². The average Bonchev–Trinajstić information content (AvgIpc) is 2.45. The van der Waals surface area contributed by atoms with Gasteiger partial charge in [0.15, 0.2) is 0 Å². The summed E-state index contributed by atoms with van der Waals surface area (Å²) in [5, 5.41) is 3.46. The molecule has 20 heavy (non-hydrogen) atoms. The van der Waals surface area contributed by atoms with Crippen molar-refractivity contribution in [1.29, 1.82) is 0 Å². The van der Waals surface area contributed by atoms with E-state index < -0.39 is 0 Å². The predicted octanol–water partition coefficient (Wildman–Crippen LogP) is 2.83. The van der Waals surface area contributed by atoms with Crippen molar-refractivity contribution in [3.05, 3.63) is 29.8 Å². The molecule has 0 radical (unpaired) electrons. The van der Waals surface area contributed by atoms with Gasteiger partial charge in [0, 0.05) is 32.2 Å². The van der Waals surface area contributed by atoms with Crippen molar-refractivity contribution in [3.63, 3.8) is 0 Å². The number of piperazine rings is 1. The van der Waals surface area contributed by atoms with Gasteiger partial charge in [0.05, 0.1) is 6.61 Å². The second-order valence-corrected chi connectivity index (χ2v) is 5.92. The van der Waals surface area contributed by atoms with Gasteiger partial charge in [-0.3, -0.25) is 4.90 Å². The van der Waals surface area contributed by atoms with E-state index in [1.165, 1.54) is 37.9 Å². The van der Waals surface area contributed by atoms with Crippen molar-refractivity contribution in [2.75, 3.05) is 32.8 Å². The van der Waals surface area contributed by atoms with Gasteiger partial charge in [-0.15, -0.1) is 0 Å². The summed E-state index contributed by atoms with van der Waals surface area (Å²) in [6.45, 7) is 7.37. The maximum Gasteiger partial charge on any atom is 0.119 e. The van der Waals surface area contributed by atoms with Gasteiger partial charge in [0.1, 0.15) is 5.75 Å². The average molecular weight is 274 g/mol. The molecule has 3 rings (SSSR count). The van der Waals surface area contributed by atoms with Crippen molar-refractivity contribution in [3.8, 4) is 5.75 Å². The van der Waals surface area contributed by atoms with Crippen LogP contribution in [0.4, 0.5) is 0 Å². The molecular weight excluding hydrogens is 248 g/mol. The van der Waals surface area contributed by atoms with Gasteiger partial charge in [0.2, 0.25) is 0 Å². The Balaban J connectivity index is 1.76. The smallest absolute Gasteiger partial charge is 0.119 e. The van der Waals surface area contributed by atoms with E-state index in [9.17, 15) is 0 Å². The van der Waals surface area contributed by atoms with Crippen molar-refractivity contribution in [2.24, 2.45) is 5.92 Å². The van der Waals surface area contributed by atoms with Crippen LogP contribution < -0.4 is 10.1 Å². The minimum absolute atomic E-state index is 0.613. The number of hydrogen-bond donors (Lipinski definition) is 1. The lowest BCUT2D eigenvalue weighted by molar-refractivity contribution is 0.0837. The normalized spacial score (nSPS) is 22.2. The minimum Gasteiger partial charge on any atom is -0.494 e. The van der Waals surface area contributed by atoms with Crippen molar-refractivity contribution in [2.45, 2.75) is 32.2 Å². The Hall–Kier alpha value is -1.06. The Morgan fingerprint density at radius 2 is 1.90 bits per heavy atom. The van der Waals surface area contributed by atoms with E-state index in [1.54, 1.807) is 0 Å². The molecule has 1 aliphatic heterocycles. The van der Waals surface area contributed by atoms with E-state index in [4.69, 9.17) is 4.74 Å². The zero-order valence-corrected chi connectivity index (χ0v) is 12.5. The van der Waals surface area contributed by atoms with E-state index in [1.807, 2.05) is 6.92 Å². The van der Waals surface area contributed by atoms with Crippen LogP contribution in [0.3, 0.4) is 0 Å². The molecule has 1 aromatic rings. The molecule has 3 nitrogen and oxygen atoms in total. The monoisotopic (exact) mass is 274 g/mol. The van der Waals surface area contributed by atoms with Crippen LogP contribution in [0.5, 0.6) is 5.75 Å². The summed E-state index contributed by atoms with van der Waals surface area (Å²) in [6, 6.07) is 9.42. The van der Waals surface area contributed by atoms with Crippen LogP contribution in [0.1, 0.15) is 37.8 Å². The highest BCUT2D eigenvalue weighted by Crippen LogP contribution is 2.41. The number of ether oxygens (including phenoxy) is 1. The molecule has 1 saturated carbocycles. The molecule has 110 valence electrons. The summed E-state index contributed by atoms with van der Waals surface area (Å²) in [4.78, 5) is 2.68. The quantitative estimate of drug-likeness (QED) is 0.893. The van der Waals surface area contributed by atoms with Crippen molar-refractivity contribution >= 4 is 0 Å². The molecule has 1 aliphatic carbocycles. The summed E-state index contributed by atoms with van der Waals surface area (Å²) < 4.78 is 5.56. The lowest BCUT2D eigenvalue weighted by Crippen LogP contribution is -2.47. The molecule has 1 N–H and O–H groups in total. The second kappa shape index (κ2) is 6.59. The maximum absolute atomic E-state index is 5.56. The molecule has 1 aromatic carbocycles. The van der Waals surface area contributed by atoms with E-state index >= 15 is 0 Å². The molecule has 1 heterocycles. The molecular formula is C17H26N2O. The molecule has 0 amide bonds. The van der Waals surface area contributed by atoms with Crippen LogP contribution in [-0.4, -0.2) is 37.7 Å². The zero-order valence-electron chi connectivity index (χ0n) is 12.5. The van der Waals surface area contributed by atoms with E-state index in [2.05, 4.69) is 34.5 Å². The highest BCUT2D eigenvalue weighted by molar-refractivity contribution is 5.30. The van der Waals surface area contributed by atoms with Crippen LogP contribution in [0, 0.1) is 5.92 Å². The fourth-order valence-corrected chi connectivity index (χ4v) is 3.42. The predicted molar refractivity (Wildman–Crippen MR) is 82.1 cm³/mol. The molecule has 1 atom stereocenters. The first-order valence-corrected chi connectivity index (χ1v) is 8.06. The van der Waals surface area contributed by atoms with E-state index in [0.29, 0.717) is 6.04 Å². The molecule has 0 aromatic heterocycles. The summed E-state index contributed by atoms with van der Waals surface area (Å²) in [5.74, 6) is 1.84. The van der Waals surface area contributed by atoms with Gasteiger partial charge in [-0.05, 0) is 43.4 Å². The number of nitrogens with one attached hydrogen (secondary N) is 1. The summed E-state index contributed by atoms with van der Waals surface area (Å²) in [6.07, 6.45) is 4.19. The third kappa shape index (κ3) is 2.99. The molecule has 0 unspecified atom stereocenters. The van der Waals surface area contributed by atoms with Gasteiger partial charge in [-0.2, -0.15) is 0 Å². The Morgan fingerprint density at radius 3 is 2.45 bits per heavy atom. The number of nitrogens with zero attached hydrogens (tertiary/aromatic N) is 1. The van der Waals surface area contributed by atoms with Crippen LogP contribution >= 0.6 is 0 Å². The number of benzene rings is 1. The molecule has 1 saturated heterocycles. The Morgan fingerprint density at radius 1 is 1.20 bits per heavy atom. The molecule has 2 fully saturated rings. The Labute approximate surface area is 122 Å². The highest BCUT2D eigenvalue weighted by atomic mass is 16.5. The fraction of sp³-hybridized carbons (Fsp3) is 0.647. The van der Waals surface area contributed by atoms with Crippen molar-refractivity contribution in [1.82, 2.24) is 10.2 Å². The highest BCUT2D eigenvalue weighted by Gasteiger charge is 2.33. The topological polar surface area (TPSA) is 24.5 Å². The lowest BCUT2D eigenvalue weighted by Gasteiger charge is -2.43. The lowest BCUT2D eigenvalue weighted by atomic mass is 9.76. The Kier molecular flexibility index (Phi) is 4.58. The van der Waals surface area contributed by atoms with Crippen molar-refractivity contribution < 1.29 is 4.74 Å². The van der Waals surface area contributed by atoms with Gasteiger partial charge in [0.25, 0.3) is 0 Å². The fourth-order valence-electron chi connectivity index (χ4n) is 3.42. The molecule has 0 spiro atoms. The van der Waals surface area contributed by atoms with Crippen LogP contribution in [-0.2, 0) is 0 Å². The second-order valence-electron chi connectivity index (χ2n) is 5.92. The Bertz CT molecular complexity index is 408. The van der Waals surface area contributed by atoms with Gasteiger partial charge in [-0.1, -0.05) is 18.6 Å². The third-order valence-electron chi connectivity index (χ3n) is 4.67. The van der Waals surface area contributed by atoms with Crippen LogP contribution in [0.15, 0.2) is 24.3 Å². The first-order chi connectivity index (χ1) is 9.88. The number of hydrogen-bond acceptors (Lipinski definition) is 3. The van der Waals surface area contributed by atoms with Crippen LogP contribution in [0.25, 0.3) is 0 Å². The van der Waals surface area contributed by atoms with Crippen LogP contribution in [0.2, 0.25) is 0 Å². The standard InChI is InChI=1S/C17H26N2O/c1-2-20-16-8-6-15(7-9-16)17(14-4-3-5-14)19-12-10-18-11-13-19/h6-9,14,17-18H,2-5,10-13H2,1H3/t17-/m0/s1. The van der Waals surface area contributed by atoms with E-state index in [-0.39, 0.29) is 0 Å². The maximum atomic E-state index is 5.56. The minimum atomic E-state index is 0.613. The SMILES string of the molecule is CCOc1ccc([C@H](C2CCC2)N2CCNCC2)cc1. The zero-order chi connectivity index (χ0) is 13.8. The van der Waals surface area contributed by atoms with Gasteiger partial charge >= 0.3 is 0 Å². The van der Waals surface area contributed by atoms with E-state index in [0.717, 1.165) is 31.4 Å². The summed E-state index contributed by atoms with van der Waals surface area (Å²) in [5.41, 5.74) is 1.47. The summed E-state index contributed by atoms with van der Waals surface area (Å²) in [7, 11) is 0.